The van der Waals surface area contributed by atoms with Crippen LogP contribution in [0.1, 0.15) is 26.0 Å². The fourth-order valence-corrected chi connectivity index (χ4v) is 2.78. The summed E-state index contributed by atoms with van der Waals surface area (Å²) in [4.78, 5) is 7.15. The van der Waals surface area contributed by atoms with Gasteiger partial charge in [0.15, 0.2) is 0 Å². The summed E-state index contributed by atoms with van der Waals surface area (Å²) in [6, 6.07) is 0. The molecule has 1 aliphatic heterocycles. The molecule has 1 N–H and O–H groups in total. The van der Waals surface area contributed by atoms with Crippen molar-refractivity contribution >= 4 is 5.95 Å². The van der Waals surface area contributed by atoms with Gasteiger partial charge in [-0.3, -0.25) is 0 Å². The Kier molecular flexibility index (Phi) is 4.27. The average Bonchev–Trinajstić information content (AvgIpc) is 2.85. The lowest BCUT2D eigenvalue weighted by molar-refractivity contribution is 0.517. The van der Waals surface area contributed by atoms with Crippen molar-refractivity contribution in [1.82, 2.24) is 14.9 Å². The van der Waals surface area contributed by atoms with Gasteiger partial charge in [0.2, 0.25) is 5.95 Å². The summed E-state index contributed by atoms with van der Waals surface area (Å²) in [7, 11) is 2.03. The number of nitrogens with one attached hydrogen (secondary N) is 1. The van der Waals surface area contributed by atoms with E-state index in [1.54, 1.807) is 0 Å². The minimum absolute atomic E-state index is 0.660. The first-order valence-corrected chi connectivity index (χ1v) is 7.03. The minimum Gasteiger partial charge on any atom is -0.342 e. The molecule has 4 heteroatoms. The molecule has 0 radical (unpaired) electrons. The molecule has 2 rings (SSSR count). The van der Waals surface area contributed by atoms with E-state index in [-0.39, 0.29) is 0 Å². The number of aryl methyl sites for hydroxylation is 1. The van der Waals surface area contributed by atoms with Crippen LogP contribution >= 0.6 is 0 Å². The first-order valence-electron chi connectivity index (χ1n) is 7.03. The van der Waals surface area contributed by atoms with Crippen LogP contribution in [0, 0.1) is 18.8 Å². The van der Waals surface area contributed by atoms with Gasteiger partial charge in [-0.2, -0.15) is 0 Å². The van der Waals surface area contributed by atoms with Crippen LogP contribution in [0.25, 0.3) is 0 Å². The molecule has 1 unspecified atom stereocenters. The molecule has 1 aromatic rings. The molecule has 1 fully saturated rings. The summed E-state index contributed by atoms with van der Waals surface area (Å²) >= 11 is 0. The largest absolute Gasteiger partial charge is 0.342 e. The first-order chi connectivity index (χ1) is 8.60. The number of nitrogens with zero attached hydrogens (tertiary/aromatic N) is 3. The summed E-state index contributed by atoms with van der Waals surface area (Å²) in [5.41, 5.74) is 1.13. The van der Waals surface area contributed by atoms with Crippen molar-refractivity contribution < 1.29 is 0 Å². The molecule has 4 nitrogen and oxygen atoms in total. The van der Waals surface area contributed by atoms with Crippen LogP contribution in [0.15, 0.2) is 6.20 Å². The molecule has 0 amide bonds. The van der Waals surface area contributed by atoms with E-state index in [1.807, 2.05) is 7.05 Å². The lowest BCUT2D eigenvalue weighted by atomic mass is 10.1. The smallest absolute Gasteiger partial charge is 0.205 e. The monoisotopic (exact) mass is 250 g/mol. The Morgan fingerprint density at radius 2 is 2.28 bits per heavy atom. The lowest BCUT2D eigenvalue weighted by Gasteiger charge is -2.20. The number of aromatic nitrogens is 2. The Balaban J connectivity index is 2.08. The molecule has 1 saturated heterocycles. The zero-order valence-electron chi connectivity index (χ0n) is 12.1. The Bertz CT molecular complexity index is 383. The Labute approximate surface area is 110 Å². The number of anilines is 1. The maximum Gasteiger partial charge on any atom is 0.205 e. The normalized spacial score (nSPS) is 20.1. The fourth-order valence-electron chi connectivity index (χ4n) is 2.78. The topological polar surface area (TPSA) is 33.1 Å². The van der Waals surface area contributed by atoms with Crippen LogP contribution in [0.5, 0.6) is 0 Å². The van der Waals surface area contributed by atoms with Gasteiger partial charge < -0.3 is 14.8 Å². The van der Waals surface area contributed by atoms with E-state index >= 15 is 0 Å². The van der Waals surface area contributed by atoms with E-state index in [0.29, 0.717) is 5.92 Å². The minimum atomic E-state index is 0.660. The predicted octanol–water partition coefficient (Wildman–Crippen LogP) is 1.89. The molecule has 0 saturated carbocycles. The standard InChI is InChI=1S/C14H26N4/c1-11(2)8-18-9-12(3)16-14(18)17-6-5-13(10-17)7-15-4/h9,11,13,15H,5-8,10H2,1-4H3. The van der Waals surface area contributed by atoms with Crippen molar-refractivity contribution in [1.29, 1.82) is 0 Å². The third-order valence-electron chi connectivity index (χ3n) is 3.50. The zero-order chi connectivity index (χ0) is 13.1. The SMILES string of the molecule is CNCC1CCN(c2nc(C)cn2CC(C)C)C1. The summed E-state index contributed by atoms with van der Waals surface area (Å²) in [5, 5.41) is 3.28. The lowest BCUT2D eigenvalue weighted by Crippen LogP contribution is -2.26. The molecule has 102 valence electrons. The van der Waals surface area contributed by atoms with Gasteiger partial charge in [0.05, 0.1) is 5.69 Å². The number of imidazole rings is 1. The molecule has 2 heterocycles. The van der Waals surface area contributed by atoms with Crippen LogP contribution < -0.4 is 10.2 Å². The second-order valence-electron chi connectivity index (χ2n) is 5.89. The molecule has 0 aliphatic carbocycles. The van der Waals surface area contributed by atoms with Gasteiger partial charge >= 0.3 is 0 Å². The van der Waals surface area contributed by atoms with Crippen molar-refractivity contribution in [3.63, 3.8) is 0 Å². The number of rotatable bonds is 5. The van der Waals surface area contributed by atoms with Crippen molar-refractivity contribution in [3.05, 3.63) is 11.9 Å². The Morgan fingerprint density at radius 1 is 1.50 bits per heavy atom. The quantitative estimate of drug-likeness (QED) is 0.866. The number of hydrogen-bond donors (Lipinski definition) is 1. The van der Waals surface area contributed by atoms with Crippen LogP contribution in [0.2, 0.25) is 0 Å². The van der Waals surface area contributed by atoms with Gasteiger partial charge in [0, 0.05) is 25.8 Å². The molecule has 1 atom stereocenters. The molecule has 0 bridgehead atoms. The molecule has 1 aliphatic rings. The van der Waals surface area contributed by atoms with Gasteiger partial charge in [-0.05, 0) is 38.8 Å². The highest BCUT2D eigenvalue weighted by Crippen LogP contribution is 2.23. The van der Waals surface area contributed by atoms with Crippen LogP contribution in [-0.4, -0.2) is 36.2 Å². The van der Waals surface area contributed by atoms with E-state index in [4.69, 9.17) is 4.98 Å². The molecule has 0 spiro atoms. The van der Waals surface area contributed by atoms with Crippen molar-refractivity contribution in [2.24, 2.45) is 11.8 Å². The maximum absolute atomic E-state index is 4.71. The molecule has 1 aromatic heterocycles. The van der Waals surface area contributed by atoms with E-state index in [0.717, 1.165) is 37.8 Å². The fraction of sp³-hybridized carbons (Fsp3) is 0.786. The maximum atomic E-state index is 4.71. The van der Waals surface area contributed by atoms with Crippen LogP contribution in [0.4, 0.5) is 5.95 Å². The highest BCUT2D eigenvalue weighted by Gasteiger charge is 2.25. The summed E-state index contributed by atoms with van der Waals surface area (Å²) in [6.45, 7) is 11.0. The van der Waals surface area contributed by atoms with Crippen molar-refractivity contribution in [2.45, 2.75) is 33.7 Å². The van der Waals surface area contributed by atoms with Crippen LogP contribution in [-0.2, 0) is 6.54 Å². The first kappa shape index (κ1) is 13.4. The number of hydrogen-bond acceptors (Lipinski definition) is 3. The van der Waals surface area contributed by atoms with E-state index in [1.165, 1.54) is 12.4 Å². The van der Waals surface area contributed by atoms with Gasteiger partial charge in [-0.15, -0.1) is 0 Å². The Hall–Kier alpha value is -1.03. The third-order valence-corrected chi connectivity index (χ3v) is 3.50. The molecular weight excluding hydrogens is 224 g/mol. The Morgan fingerprint density at radius 3 is 2.94 bits per heavy atom. The van der Waals surface area contributed by atoms with E-state index < -0.39 is 0 Å². The second-order valence-corrected chi connectivity index (χ2v) is 5.89. The zero-order valence-corrected chi connectivity index (χ0v) is 12.1. The van der Waals surface area contributed by atoms with E-state index in [9.17, 15) is 0 Å². The summed E-state index contributed by atoms with van der Waals surface area (Å²) < 4.78 is 2.32. The highest BCUT2D eigenvalue weighted by molar-refractivity contribution is 5.35. The van der Waals surface area contributed by atoms with Gasteiger partial charge in [-0.1, -0.05) is 13.8 Å². The van der Waals surface area contributed by atoms with Crippen molar-refractivity contribution in [2.75, 3.05) is 31.6 Å². The van der Waals surface area contributed by atoms with Gasteiger partial charge in [-0.25, -0.2) is 4.98 Å². The second kappa shape index (κ2) is 5.74. The van der Waals surface area contributed by atoms with Gasteiger partial charge in [0.1, 0.15) is 0 Å². The van der Waals surface area contributed by atoms with E-state index in [2.05, 4.69) is 41.8 Å². The highest BCUT2D eigenvalue weighted by atomic mass is 15.3. The summed E-state index contributed by atoms with van der Waals surface area (Å²) in [6.07, 6.45) is 3.45. The average molecular weight is 250 g/mol. The predicted molar refractivity (Wildman–Crippen MR) is 76.0 cm³/mol. The molecule has 0 aromatic carbocycles. The molecular formula is C14H26N4. The summed E-state index contributed by atoms with van der Waals surface area (Å²) in [5.74, 6) is 2.59. The van der Waals surface area contributed by atoms with Crippen LogP contribution in [0.3, 0.4) is 0 Å². The van der Waals surface area contributed by atoms with Gasteiger partial charge in [0.25, 0.3) is 0 Å². The van der Waals surface area contributed by atoms with Crippen molar-refractivity contribution in [3.8, 4) is 0 Å². The molecule has 18 heavy (non-hydrogen) atoms. The third kappa shape index (κ3) is 3.05.